The highest BCUT2D eigenvalue weighted by atomic mass is 35.5. The number of carbonyl (C=O) groups is 2. The maximum Gasteiger partial charge on any atom is 0.240 e. The number of fused-ring (bicyclic) bond motifs is 1. The summed E-state index contributed by atoms with van der Waals surface area (Å²) in [6, 6.07) is 12.5. The van der Waals surface area contributed by atoms with Gasteiger partial charge in [-0.2, -0.15) is 0 Å². The van der Waals surface area contributed by atoms with Crippen molar-refractivity contribution in [2.24, 2.45) is 5.73 Å². The maximum absolute atomic E-state index is 12.4. The van der Waals surface area contributed by atoms with Crippen LogP contribution in [-0.4, -0.2) is 17.9 Å². The lowest BCUT2D eigenvalue weighted by Gasteiger charge is -2.30. The quantitative estimate of drug-likeness (QED) is 0.882. The summed E-state index contributed by atoms with van der Waals surface area (Å²) in [5.74, 6) is -0.139. The van der Waals surface area contributed by atoms with E-state index in [0.717, 1.165) is 16.8 Å². The normalized spacial score (nSPS) is 14.8. The molecule has 3 rings (SSSR count). The largest absolute Gasteiger partial charge is 0.325 e. The number of rotatable bonds is 4. The molecule has 0 unspecified atom stereocenters. The SMILES string of the molecule is C[C@@H](N)C(=O)Nc1ccc2c(c1)CCC(=O)N2Cc1ccc(Cl)cc1. The third kappa shape index (κ3) is 4.00. The monoisotopic (exact) mass is 357 g/mol. The van der Waals surface area contributed by atoms with Crippen LogP contribution in [0.1, 0.15) is 24.5 Å². The van der Waals surface area contributed by atoms with Gasteiger partial charge in [-0.05, 0) is 54.8 Å². The van der Waals surface area contributed by atoms with E-state index in [-0.39, 0.29) is 11.8 Å². The number of nitrogens with one attached hydrogen (secondary N) is 1. The number of anilines is 2. The molecule has 6 heteroatoms. The van der Waals surface area contributed by atoms with Crippen molar-refractivity contribution in [2.45, 2.75) is 32.4 Å². The van der Waals surface area contributed by atoms with E-state index in [1.54, 1.807) is 17.9 Å². The Kier molecular flexibility index (Phi) is 5.06. The van der Waals surface area contributed by atoms with Crippen LogP contribution in [0.15, 0.2) is 42.5 Å². The van der Waals surface area contributed by atoms with Crippen LogP contribution in [0.5, 0.6) is 0 Å². The van der Waals surface area contributed by atoms with Crippen molar-refractivity contribution in [3.8, 4) is 0 Å². The van der Waals surface area contributed by atoms with E-state index >= 15 is 0 Å². The Morgan fingerprint density at radius 1 is 1.24 bits per heavy atom. The van der Waals surface area contributed by atoms with Crippen molar-refractivity contribution in [1.82, 2.24) is 0 Å². The Morgan fingerprint density at radius 2 is 1.96 bits per heavy atom. The van der Waals surface area contributed by atoms with E-state index in [0.29, 0.717) is 30.1 Å². The standard InChI is InChI=1S/C19H20ClN3O2/c1-12(21)19(25)22-16-7-8-17-14(10-16)4-9-18(24)23(17)11-13-2-5-15(20)6-3-13/h2-3,5-8,10,12H,4,9,11,21H2,1H3,(H,22,25)/t12-/m1/s1. The fourth-order valence-corrected chi connectivity index (χ4v) is 2.97. The Morgan fingerprint density at radius 3 is 2.64 bits per heavy atom. The summed E-state index contributed by atoms with van der Waals surface area (Å²) in [6.45, 7) is 2.13. The van der Waals surface area contributed by atoms with Crippen LogP contribution in [0.25, 0.3) is 0 Å². The Balaban J connectivity index is 1.84. The minimum Gasteiger partial charge on any atom is -0.325 e. The molecule has 0 bridgehead atoms. The van der Waals surface area contributed by atoms with E-state index in [4.69, 9.17) is 17.3 Å². The summed E-state index contributed by atoms with van der Waals surface area (Å²) in [5.41, 5.74) is 9.21. The van der Waals surface area contributed by atoms with Crippen LogP contribution in [0.4, 0.5) is 11.4 Å². The summed E-state index contributed by atoms with van der Waals surface area (Å²) in [5, 5.41) is 3.46. The van der Waals surface area contributed by atoms with Gasteiger partial charge in [0.25, 0.3) is 0 Å². The molecule has 0 fully saturated rings. The molecule has 0 aromatic heterocycles. The van der Waals surface area contributed by atoms with Gasteiger partial charge in [0.2, 0.25) is 11.8 Å². The lowest BCUT2D eigenvalue weighted by atomic mass is 9.99. The topological polar surface area (TPSA) is 75.4 Å². The summed E-state index contributed by atoms with van der Waals surface area (Å²) in [4.78, 5) is 25.9. The van der Waals surface area contributed by atoms with E-state index in [2.05, 4.69) is 5.32 Å². The maximum atomic E-state index is 12.4. The molecule has 2 aromatic carbocycles. The predicted octanol–water partition coefficient (Wildman–Crippen LogP) is 3.11. The summed E-state index contributed by atoms with van der Waals surface area (Å²) < 4.78 is 0. The molecular formula is C19H20ClN3O2. The minimum atomic E-state index is -0.570. The smallest absolute Gasteiger partial charge is 0.240 e. The molecule has 1 aliphatic rings. The molecule has 0 saturated heterocycles. The molecule has 1 atom stereocenters. The fourth-order valence-electron chi connectivity index (χ4n) is 2.84. The van der Waals surface area contributed by atoms with Gasteiger partial charge < -0.3 is 16.0 Å². The number of hydrogen-bond donors (Lipinski definition) is 2. The first kappa shape index (κ1) is 17.5. The molecular weight excluding hydrogens is 338 g/mol. The predicted molar refractivity (Wildman–Crippen MR) is 99.7 cm³/mol. The van der Waals surface area contributed by atoms with Crippen molar-refractivity contribution in [3.63, 3.8) is 0 Å². The zero-order valence-corrected chi connectivity index (χ0v) is 14.7. The van der Waals surface area contributed by atoms with Gasteiger partial charge in [-0.3, -0.25) is 9.59 Å². The number of nitrogens with zero attached hydrogens (tertiary/aromatic N) is 1. The van der Waals surface area contributed by atoms with E-state index in [1.807, 2.05) is 36.4 Å². The first-order valence-corrected chi connectivity index (χ1v) is 8.56. The zero-order chi connectivity index (χ0) is 18.0. The Bertz CT molecular complexity index is 803. The van der Waals surface area contributed by atoms with Gasteiger partial charge in [0, 0.05) is 22.8 Å². The molecule has 0 saturated carbocycles. The van der Waals surface area contributed by atoms with Gasteiger partial charge in [0.15, 0.2) is 0 Å². The third-order valence-electron chi connectivity index (χ3n) is 4.21. The van der Waals surface area contributed by atoms with Crippen LogP contribution in [0, 0.1) is 0 Å². The van der Waals surface area contributed by atoms with Crippen molar-refractivity contribution in [3.05, 3.63) is 58.6 Å². The van der Waals surface area contributed by atoms with Crippen LogP contribution >= 0.6 is 11.6 Å². The summed E-state index contributed by atoms with van der Waals surface area (Å²) in [7, 11) is 0. The van der Waals surface area contributed by atoms with Crippen LogP contribution in [-0.2, 0) is 22.6 Å². The lowest BCUT2D eigenvalue weighted by Crippen LogP contribution is -2.35. The number of nitrogens with two attached hydrogens (primary N) is 1. The highest BCUT2D eigenvalue weighted by Gasteiger charge is 2.24. The average molecular weight is 358 g/mol. The van der Waals surface area contributed by atoms with Gasteiger partial charge in [-0.25, -0.2) is 0 Å². The van der Waals surface area contributed by atoms with Gasteiger partial charge in [0.05, 0.1) is 12.6 Å². The molecule has 5 nitrogen and oxygen atoms in total. The Hall–Kier alpha value is -2.37. The van der Waals surface area contributed by atoms with E-state index < -0.39 is 6.04 Å². The molecule has 1 aliphatic heterocycles. The number of halogens is 1. The first-order chi connectivity index (χ1) is 11.9. The molecule has 2 aromatic rings. The van der Waals surface area contributed by atoms with Crippen molar-refractivity contribution >= 4 is 34.8 Å². The minimum absolute atomic E-state index is 0.0924. The van der Waals surface area contributed by atoms with Crippen molar-refractivity contribution < 1.29 is 9.59 Å². The second kappa shape index (κ2) is 7.25. The molecule has 0 aliphatic carbocycles. The van der Waals surface area contributed by atoms with Gasteiger partial charge in [0.1, 0.15) is 0 Å². The van der Waals surface area contributed by atoms with Crippen molar-refractivity contribution in [2.75, 3.05) is 10.2 Å². The molecule has 0 radical (unpaired) electrons. The number of aryl methyl sites for hydroxylation is 1. The van der Waals surface area contributed by atoms with Crippen molar-refractivity contribution in [1.29, 1.82) is 0 Å². The zero-order valence-electron chi connectivity index (χ0n) is 14.0. The summed E-state index contributed by atoms with van der Waals surface area (Å²) in [6.07, 6.45) is 1.11. The first-order valence-electron chi connectivity index (χ1n) is 8.18. The third-order valence-corrected chi connectivity index (χ3v) is 4.47. The highest BCUT2D eigenvalue weighted by Crippen LogP contribution is 2.31. The molecule has 3 N–H and O–H groups in total. The molecule has 0 spiro atoms. The van der Waals surface area contributed by atoms with Crippen LogP contribution in [0.2, 0.25) is 5.02 Å². The summed E-state index contributed by atoms with van der Waals surface area (Å²) >= 11 is 5.92. The second-order valence-electron chi connectivity index (χ2n) is 6.23. The van der Waals surface area contributed by atoms with E-state index in [9.17, 15) is 9.59 Å². The molecule has 2 amide bonds. The number of hydrogen-bond acceptors (Lipinski definition) is 3. The highest BCUT2D eigenvalue weighted by molar-refractivity contribution is 6.30. The number of carbonyl (C=O) groups excluding carboxylic acids is 2. The van der Waals surface area contributed by atoms with E-state index in [1.165, 1.54) is 0 Å². The van der Waals surface area contributed by atoms with Gasteiger partial charge in [-0.15, -0.1) is 0 Å². The van der Waals surface area contributed by atoms with Gasteiger partial charge >= 0.3 is 0 Å². The molecule has 25 heavy (non-hydrogen) atoms. The fraction of sp³-hybridized carbons (Fsp3) is 0.263. The average Bonchev–Trinajstić information content (AvgIpc) is 2.59. The Labute approximate surface area is 151 Å². The molecule has 1 heterocycles. The molecule has 130 valence electrons. The van der Waals surface area contributed by atoms with Gasteiger partial charge in [-0.1, -0.05) is 23.7 Å². The second-order valence-corrected chi connectivity index (χ2v) is 6.66. The lowest BCUT2D eigenvalue weighted by molar-refractivity contribution is -0.119. The number of benzene rings is 2. The van der Waals surface area contributed by atoms with Crippen LogP contribution < -0.4 is 16.0 Å². The van der Waals surface area contributed by atoms with Crippen LogP contribution in [0.3, 0.4) is 0 Å². The number of amides is 2.